The van der Waals surface area contributed by atoms with Crippen molar-refractivity contribution in [3.8, 4) is 0 Å². The van der Waals surface area contributed by atoms with E-state index in [-0.39, 0.29) is 30.4 Å². The molecular weight excluding hydrogens is 482 g/mol. The number of fused-ring (bicyclic) bond motifs is 2. The average molecular weight is 503 g/mol. The Balaban J connectivity index is 1.52. The second-order valence-electron chi connectivity index (χ2n) is 8.27. The van der Waals surface area contributed by atoms with Crippen LogP contribution in [0.15, 0.2) is 101 Å². The molecule has 1 unspecified atom stereocenters. The molecule has 0 saturated carbocycles. The van der Waals surface area contributed by atoms with E-state index in [4.69, 9.17) is 0 Å². The van der Waals surface area contributed by atoms with Gasteiger partial charge in [-0.2, -0.15) is 0 Å². The molecule has 0 spiro atoms. The first-order chi connectivity index (χ1) is 17.4. The van der Waals surface area contributed by atoms with E-state index in [2.05, 4.69) is 5.32 Å². The summed E-state index contributed by atoms with van der Waals surface area (Å²) in [6.45, 7) is 0.282. The highest BCUT2D eigenvalue weighted by atomic mass is 32.2. The van der Waals surface area contributed by atoms with E-state index >= 15 is 0 Å². The second-order valence-corrected chi connectivity index (χ2v) is 9.69. The number of benzene rings is 4. The number of nitrogens with one attached hydrogen (secondary N) is 1. The summed E-state index contributed by atoms with van der Waals surface area (Å²) < 4.78 is 40.1. The van der Waals surface area contributed by atoms with Crippen LogP contribution in [0.1, 0.15) is 31.8 Å². The van der Waals surface area contributed by atoms with Gasteiger partial charge in [0.05, 0.1) is 38.4 Å². The van der Waals surface area contributed by atoms with E-state index in [1.807, 2.05) is 0 Å². The zero-order valence-corrected chi connectivity index (χ0v) is 19.7. The third-order valence-electron chi connectivity index (χ3n) is 5.89. The van der Waals surface area contributed by atoms with Crippen LogP contribution >= 0.6 is 0 Å². The van der Waals surface area contributed by atoms with Crippen LogP contribution in [0.25, 0.3) is 0 Å². The molecule has 5 rings (SSSR count). The van der Waals surface area contributed by atoms with E-state index in [9.17, 15) is 22.6 Å². The molecule has 0 fully saturated rings. The van der Waals surface area contributed by atoms with Crippen LogP contribution in [0, 0.1) is 11.6 Å². The first kappa shape index (κ1) is 23.6. The van der Waals surface area contributed by atoms with Crippen LogP contribution in [0.3, 0.4) is 0 Å². The van der Waals surface area contributed by atoms with Gasteiger partial charge >= 0.3 is 0 Å². The lowest BCUT2D eigenvalue weighted by Crippen LogP contribution is -2.31. The average Bonchev–Trinajstić information content (AvgIpc) is 2.98. The van der Waals surface area contributed by atoms with E-state index < -0.39 is 22.5 Å². The van der Waals surface area contributed by atoms with Crippen molar-refractivity contribution < 1.29 is 22.6 Å². The number of carbonyl (C=O) groups excluding carboxylic acids is 2. The van der Waals surface area contributed by atoms with Crippen molar-refractivity contribution in [3.63, 3.8) is 0 Å². The van der Waals surface area contributed by atoms with Crippen molar-refractivity contribution in [2.75, 3.05) is 4.90 Å². The Hall–Kier alpha value is -4.17. The Morgan fingerprint density at radius 2 is 1.44 bits per heavy atom. The second kappa shape index (κ2) is 9.83. The van der Waals surface area contributed by atoms with E-state index in [0.29, 0.717) is 26.6 Å². The fourth-order valence-corrected chi connectivity index (χ4v) is 5.37. The summed E-state index contributed by atoms with van der Waals surface area (Å²) in [5.41, 5.74) is 2.32. The number of carbonyl (C=O) groups is 2. The molecule has 180 valence electrons. The molecule has 1 heterocycles. The number of halogens is 2. The number of hydrogen-bond acceptors (Lipinski definition) is 3. The number of nitrogens with zero attached hydrogens (tertiary/aromatic N) is 1. The van der Waals surface area contributed by atoms with Crippen LogP contribution in [0.2, 0.25) is 0 Å². The van der Waals surface area contributed by atoms with Crippen molar-refractivity contribution >= 4 is 28.3 Å². The first-order valence-electron chi connectivity index (χ1n) is 11.1. The fourth-order valence-electron chi connectivity index (χ4n) is 4.02. The van der Waals surface area contributed by atoms with Crippen molar-refractivity contribution in [2.24, 2.45) is 0 Å². The van der Waals surface area contributed by atoms with Crippen molar-refractivity contribution in [2.45, 2.75) is 22.9 Å². The summed E-state index contributed by atoms with van der Waals surface area (Å²) >= 11 is 0. The summed E-state index contributed by atoms with van der Waals surface area (Å²) in [6, 6.07) is 22.9. The van der Waals surface area contributed by atoms with Gasteiger partial charge < -0.3 is 10.2 Å². The SMILES string of the molecule is O=C(NCc1ccc(F)cc1)c1ccc2c(c1)N(Cc1ccc(F)cc1)C(=O)c1ccccc1S2=O. The maximum Gasteiger partial charge on any atom is 0.259 e. The highest BCUT2D eigenvalue weighted by Crippen LogP contribution is 2.36. The monoisotopic (exact) mass is 502 g/mol. The third-order valence-corrected chi connectivity index (χ3v) is 7.39. The predicted octanol–water partition coefficient (Wildman–Crippen LogP) is 5.22. The Labute approximate surface area is 208 Å². The van der Waals surface area contributed by atoms with Gasteiger partial charge in [-0.25, -0.2) is 13.0 Å². The molecule has 8 heteroatoms. The van der Waals surface area contributed by atoms with Gasteiger partial charge in [0.25, 0.3) is 11.8 Å². The Morgan fingerprint density at radius 1 is 0.806 bits per heavy atom. The minimum Gasteiger partial charge on any atom is -0.348 e. The standard InChI is InChI=1S/C28H20F2N2O3S/c29-21-10-5-18(6-11-21)16-31-27(33)20-9-14-26-24(15-20)32(17-19-7-12-22(30)13-8-19)28(34)23-3-1-2-4-25(23)36(26)35/h1-15H,16-17H2,(H,31,33). The van der Waals surface area contributed by atoms with Crippen molar-refractivity contribution in [1.29, 1.82) is 0 Å². The number of hydrogen-bond donors (Lipinski definition) is 1. The minimum absolute atomic E-state index is 0.0955. The number of rotatable bonds is 5. The molecule has 4 aromatic rings. The summed E-state index contributed by atoms with van der Waals surface area (Å²) in [5.74, 6) is -1.53. The first-order valence-corrected chi connectivity index (χ1v) is 12.3. The highest BCUT2D eigenvalue weighted by Gasteiger charge is 2.31. The maximum absolute atomic E-state index is 13.6. The van der Waals surface area contributed by atoms with Gasteiger partial charge in [0.15, 0.2) is 0 Å². The molecule has 4 aromatic carbocycles. The van der Waals surface area contributed by atoms with Crippen LogP contribution in [0.4, 0.5) is 14.5 Å². The molecule has 2 amide bonds. The van der Waals surface area contributed by atoms with Gasteiger partial charge in [-0.3, -0.25) is 9.59 Å². The largest absolute Gasteiger partial charge is 0.348 e. The van der Waals surface area contributed by atoms with Crippen LogP contribution in [-0.2, 0) is 23.9 Å². The van der Waals surface area contributed by atoms with Gasteiger partial charge in [-0.05, 0) is 65.7 Å². The lowest BCUT2D eigenvalue weighted by molar-refractivity contribution is 0.0947. The molecule has 5 nitrogen and oxygen atoms in total. The Morgan fingerprint density at radius 3 is 2.14 bits per heavy atom. The van der Waals surface area contributed by atoms with E-state index in [0.717, 1.165) is 5.56 Å². The fraction of sp³-hybridized carbons (Fsp3) is 0.0714. The van der Waals surface area contributed by atoms with Crippen molar-refractivity contribution in [3.05, 3.63) is 125 Å². The maximum atomic E-state index is 13.6. The molecule has 0 aliphatic carbocycles. The lowest BCUT2D eigenvalue weighted by Gasteiger charge is -2.23. The molecule has 0 radical (unpaired) electrons. The summed E-state index contributed by atoms with van der Waals surface area (Å²) in [5, 5.41) is 2.79. The quantitative estimate of drug-likeness (QED) is 0.407. The van der Waals surface area contributed by atoms with Gasteiger partial charge in [-0.15, -0.1) is 0 Å². The van der Waals surface area contributed by atoms with Crippen molar-refractivity contribution in [1.82, 2.24) is 5.32 Å². The molecule has 0 bridgehead atoms. The predicted molar refractivity (Wildman–Crippen MR) is 132 cm³/mol. The van der Waals surface area contributed by atoms with Gasteiger partial charge in [0.1, 0.15) is 11.6 Å². The number of amides is 2. The number of anilines is 1. The van der Waals surface area contributed by atoms with Crippen LogP contribution in [-0.4, -0.2) is 16.0 Å². The molecule has 0 aromatic heterocycles. The third kappa shape index (κ3) is 4.67. The topological polar surface area (TPSA) is 66.5 Å². The molecule has 1 atom stereocenters. The minimum atomic E-state index is -1.66. The molecule has 1 N–H and O–H groups in total. The normalized spacial score (nSPS) is 14.6. The summed E-state index contributed by atoms with van der Waals surface area (Å²) in [4.78, 5) is 28.8. The molecule has 0 saturated heterocycles. The van der Waals surface area contributed by atoms with E-state index in [1.54, 1.807) is 66.7 Å². The van der Waals surface area contributed by atoms with Crippen LogP contribution < -0.4 is 10.2 Å². The van der Waals surface area contributed by atoms with E-state index in [1.165, 1.54) is 29.2 Å². The zero-order chi connectivity index (χ0) is 25.2. The summed E-state index contributed by atoms with van der Waals surface area (Å²) in [7, 11) is -1.66. The van der Waals surface area contributed by atoms with Crippen LogP contribution in [0.5, 0.6) is 0 Å². The highest BCUT2D eigenvalue weighted by molar-refractivity contribution is 7.85. The zero-order valence-electron chi connectivity index (χ0n) is 18.9. The smallest absolute Gasteiger partial charge is 0.259 e. The van der Waals surface area contributed by atoms with Gasteiger partial charge in [0, 0.05) is 12.1 Å². The molecule has 36 heavy (non-hydrogen) atoms. The Bertz CT molecular complexity index is 1490. The summed E-state index contributed by atoms with van der Waals surface area (Å²) in [6.07, 6.45) is 0. The molecular formula is C28H20F2N2O3S. The Kier molecular flexibility index (Phi) is 6.43. The lowest BCUT2D eigenvalue weighted by atomic mass is 10.1. The molecule has 1 aliphatic rings. The van der Waals surface area contributed by atoms with Gasteiger partial charge in [0.2, 0.25) is 0 Å². The van der Waals surface area contributed by atoms with Gasteiger partial charge in [-0.1, -0.05) is 36.4 Å². The molecule has 1 aliphatic heterocycles.